The minimum atomic E-state index is -0.144. The van der Waals surface area contributed by atoms with Crippen LogP contribution in [0.5, 0.6) is 0 Å². The van der Waals surface area contributed by atoms with Crippen molar-refractivity contribution in [3.05, 3.63) is 24.3 Å². The van der Waals surface area contributed by atoms with E-state index in [0.29, 0.717) is 18.8 Å². The number of para-hydroxylation sites is 2. The number of fused-ring (bicyclic) bond motifs is 1. The van der Waals surface area contributed by atoms with Gasteiger partial charge >= 0.3 is 0 Å². The van der Waals surface area contributed by atoms with Gasteiger partial charge in [-0.3, -0.25) is 19.4 Å². The molecule has 23 heavy (non-hydrogen) atoms. The highest BCUT2D eigenvalue weighted by Crippen LogP contribution is 2.38. The lowest BCUT2D eigenvalue weighted by atomic mass is 9.79. The topological polar surface area (TPSA) is 61.9 Å². The summed E-state index contributed by atoms with van der Waals surface area (Å²) in [6.07, 6.45) is 3.39. The minimum Gasteiger partial charge on any atom is -0.372 e. The quantitative estimate of drug-likeness (QED) is 0.891. The van der Waals surface area contributed by atoms with Crippen molar-refractivity contribution in [1.29, 1.82) is 0 Å². The SMILES string of the molecule is O=C1CN(C(=O)CN2CCOC3(CCC3)C2)c2ccccc2N1. The fraction of sp³-hybridized carbons (Fsp3) is 0.529. The van der Waals surface area contributed by atoms with Crippen molar-refractivity contribution in [1.82, 2.24) is 4.90 Å². The highest BCUT2D eigenvalue weighted by Gasteiger charge is 2.42. The maximum absolute atomic E-state index is 12.8. The minimum absolute atomic E-state index is 0.0181. The van der Waals surface area contributed by atoms with Gasteiger partial charge in [0.15, 0.2) is 0 Å². The zero-order valence-corrected chi connectivity index (χ0v) is 13.1. The average molecular weight is 315 g/mol. The molecular formula is C17H21N3O3. The van der Waals surface area contributed by atoms with E-state index in [-0.39, 0.29) is 24.0 Å². The summed E-state index contributed by atoms with van der Waals surface area (Å²) in [4.78, 5) is 28.4. The summed E-state index contributed by atoms with van der Waals surface area (Å²) in [5, 5.41) is 2.81. The van der Waals surface area contributed by atoms with E-state index in [2.05, 4.69) is 10.2 Å². The van der Waals surface area contributed by atoms with E-state index in [4.69, 9.17) is 4.74 Å². The van der Waals surface area contributed by atoms with Gasteiger partial charge in [-0.05, 0) is 31.4 Å². The summed E-state index contributed by atoms with van der Waals surface area (Å²) >= 11 is 0. The van der Waals surface area contributed by atoms with E-state index in [1.807, 2.05) is 24.3 Å². The van der Waals surface area contributed by atoms with Gasteiger partial charge in [0.05, 0.1) is 30.1 Å². The molecular weight excluding hydrogens is 294 g/mol. The van der Waals surface area contributed by atoms with Crippen LogP contribution in [0.4, 0.5) is 11.4 Å². The molecule has 2 fully saturated rings. The first-order chi connectivity index (χ1) is 11.2. The molecule has 1 spiro atoms. The van der Waals surface area contributed by atoms with E-state index < -0.39 is 0 Å². The van der Waals surface area contributed by atoms with Gasteiger partial charge < -0.3 is 10.1 Å². The number of hydrogen-bond acceptors (Lipinski definition) is 4. The second-order valence-corrected chi connectivity index (χ2v) is 6.64. The molecule has 0 bridgehead atoms. The molecule has 3 aliphatic rings. The maximum Gasteiger partial charge on any atom is 0.244 e. The molecule has 2 amide bonds. The van der Waals surface area contributed by atoms with Gasteiger partial charge in [0.1, 0.15) is 6.54 Å². The molecule has 1 aromatic rings. The number of amides is 2. The van der Waals surface area contributed by atoms with Gasteiger partial charge in [-0.2, -0.15) is 0 Å². The van der Waals surface area contributed by atoms with Crippen molar-refractivity contribution in [3.8, 4) is 0 Å². The fourth-order valence-electron chi connectivity index (χ4n) is 3.66. The Bertz CT molecular complexity index is 642. The van der Waals surface area contributed by atoms with Crippen LogP contribution < -0.4 is 10.2 Å². The number of morpholine rings is 1. The number of hydrogen-bond donors (Lipinski definition) is 1. The molecule has 0 radical (unpaired) electrons. The van der Waals surface area contributed by atoms with E-state index >= 15 is 0 Å². The van der Waals surface area contributed by atoms with Gasteiger partial charge in [-0.25, -0.2) is 0 Å². The Balaban J connectivity index is 1.48. The Morgan fingerprint density at radius 1 is 1.30 bits per heavy atom. The average Bonchev–Trinajstić information content (AvgIpc) is 2.52. The fourth-order valence-corrected chi connectivity index (χ4v) is 3.66. The summed E-state index contributed by atoms with van der Waals surface area (Å²) in [5.41, 5.74) is 1.47. The summed E-state index contributed by atoms with van der Waals surface area (Å²) < 4.78 is 5.90. The van der Waals surface area contributed by atoms with Crippen molar-refractivity contribution in [2.45, 2.75) is 24.9 Å². The molecule has 2 aliphatic heterocycles. The normalized spacial score (nSPS) is 23.1. The lowest BCUT2D eigenvalue weighted by Gasteiger charge is -2.48. The lowest BCUT2D eigenvalue weighted by Crippen LogP contribution is -2.57. The van der Waals surface area contributed by atoms with Gasteiger partial charge in [-0.1, -0.05) is 12.1 Å². The Kier molecular flexibility index (Phi) is 3.58. The predicted molar refractivity (Wildman–Crippen MR) is 86.4 cm³/mol. The molecule has 2 heterocycles. The van der Waals surface area contributed by atoms with Crippen molar-refractivity contribution >= 4 is 23.2 Å². The first-order valence-corrected chi connectivity index (χ1v) is 8.21. The molecule has 4 rings (SSSR count). The second-order valence-electron chi connectivity index (χ2n) is 6.64. The molecule has 1 N–H and O–H groups in total. The van der Waals surface area contributed by atoms with E-state index in [9.17, 15) is 9.59 Å². The number of nitrogens with one attached hydrogen (secondary N) is 1. The molecule has 0 atom stereocenters. The Morgan fingerprint density at radius 3 is 2.91 bits per heavy atom. The first-order valence-electron chi connectivity index (χ1n) is 8.21. The van der Waals surface area contributed by atoms with Crippen LogP contribution in [0.3, 0.4) is 0 Å². The molecule has 122 valence electrons. The van der Waals surface area contributed by atoms with Crippen molar-refractivity contribution in [2.75, 3.05) is 43.0 Å². The Hall–Kier alpha value is -1.92. The molecule has 1 saturated heterocycles. The zero-order valence-electron chi connectivity index (χ0n) is 13.1. The summed E-state index contributed by atoms with van der Waals surface area (Å²) in [7, 11) is 0. The Morgan fingerprint density at radius 2 is 2.13 bits per heavy atom. The number of anilines is 2. The van der Waals surface area contributed by atoms with E-state index in [1.54, 1.807) is 4.90 Å². The van der Waals surface area contributed by atoms with Crippen LogP contribution in [0.15, 0.2) is 24.3 Å². The molecule has 1 saturated carbocycles. The van der Waals surface area contributed by atoms with Crippen LogP contribution in [-0.2, 0) is 14.3 Å². The first kappa shape index (κ1) is 14.7. The van der Waals surface area contributed by atoms with Crippen molar-refractivity contribution < 1.29 is 14.3 Å². The standard InChI is InChI=1S/C17H21N3O3/c21-15-10-20(14-5-2-1-4-13(14)18-15)16(22)11-19-8-9-23-17(12-19)6-3-7-17/h1-2,4-5H,3,6-12H2,(H,18,21). The van der Waals surface area contributed by atoms with Crippen LogP contribution in [0, 0.1) is 0 Å². The highest BCUT2D eigenvalue weighted by molar-refractivity contribution is 6.10. The third kappa shape index (κ3) is 2.72. The molecule has 1 aliphatic carbocycles. The third-order valence-corrected chi connectivity index (χ3v) is 5.02. The number of nitrogens with zero attached hydrogens (tertiary/aromatic N) is 2. The predicted octanol–water partition coefficient (Wildman–Crippen LogP) is 1.23. The number of benzene rings is 1. The molecule has 0 aromatic heterocycles. The number of carbonyl (C=O) groups is 2. The summed E-state index contributed by atoms with van der Waals surface area (Å²) in [5.74, 6) is -0.168. The largest absolute Gasteiger partial charge is 0.372 e. The van der Waals surface area contributed by atoms with Crippen molar-refractivity contribution in [2.24, 2.45) is 0 Å². The summed E-state index contributed by atoms with van der Waals surface area (Å²) in [6.45, 7) is 2.71. The van der Waals surface area contributed by atoms with Crippen LogP contribution in [0.1, 0.15) is 19.3 Å². The number of ether oxygens (including phenoxy) is 1. The molecule has 6 heteroatoms. The van der Waals surface area contributed by atoms with Crippen LogP contribution >= 0.6 is 0 Å². The van der Waals surface area contributed by atoms with E-state index in [1.165, 1.54) is 6.42 Å². The van der Waals surface area contributed by atoms with Crippen LogP contribution in [0.25, 0.3) is 0 Å². The van der Waals surface area contributed by atoms with Crippen molar-refractivity contribution in [3.63, 3.8) is 0 Å². The number of rotatable bonds is 2. The third-order valence-electron chi connectivity index (χ3n) is 5.02. The number of carbonyl (C=O) groups excluding carboxylic acids is 2. The lowest BCUT2D eigenvalue weighted by molar-refractivity contribution is -0.154. The molecule has 1 aromatic carbocycles. The van der Waals surface area contributed by atoms with Gasteiger partial charge in [0.25, 0.3) is 0 Å². The van der Waals surface area contributed by atoms with E-state index in [0.717, 1.165) is 31.6 Å². The van der Waals surface area contributed by atoms with Gasteiger partial charge in [0.2, 0.25) is 11.8 Å². The van der Waals surface area contributed by atoms with Crippen LogP contribution in [-0.4, -0.2) is 55.1 Å². The monoisotopic (exact) mass is 315 g/mol. The maximum atomic E-state index is 12.8. The highest BCUT2D eigenvalue weighted by atomic mass is 16.5. The second kappa shape index (κ2) is 5.62. The van der Waals surface area contributed by atoms with Crippen LogP contribution in [0.2, 0.25) is 0 Å². The van der Waals surface area contributed by atoms with Gasteiger partial charge in [-0.15, -0.1) is 0 Å². The summed E-state index contributed by atoms with van der Waals surface area (Å²) in [6, 6.07) is 7.44. The smallest absolute Gasteiger partial charge is 0.244 e. The Labute approximate surface area is 135 Å². The zero-order chi connectivity index (χ0) is 15.9. The molecule has 0 unspecified atom stereocenters. The molecule has 6 nitrogen and oxygen atoms in total. The van der Waals surface area contributed by atoms with Gasteiger partial charge in [0, 0.05) is 13.1 Å².